The number of hydrogen-bond acceptors (Lipinski definition) is 4. The highest BCUT2D eigenvalue weighted by Gasteiger charge is 2.24. The highest BCUT2D eigenvalue weighted by atomic mass is 19.3. The Morgan fingerprint density at radius 3 is 2.52 bits per heavy atom. The molecule has 0 aliphatic heterocycles. The van der Waals surface area contributed by atoms with Crippen molar-refractivity contribution >= 4 is 16.9 Å². The molecule has 0 fully saturated rings. The lowest BCUT2D eigenvalue weighted by Gasteiger charge is -2.05. The van der Waals surface area contributed by atoms with Gasteiger partial charge in [0.05, 0.1) is 6.61 Å². The summed E-state index contributed by atoms with van der Waals surface area (Å²) < 4.78 is 53.1. The molecule has 0 radical (unpaired) electrons. The van der Waals surface area contributed by atoms with E-state index in [-0.39, 0.29) is 29.1 Å². The van der Waals surface area contributed by atoms with Crippen molar-refractivity contribution in [1.29, 1.82) is 0 Å². The van der Waals surface area contributed by atoms with Gasteiger partial charge in [-0.2, -0.15) is 8.78 Å². The fourth-order valence-electron chi connectivity index (χ4n) is 2.46. The number of carbonyl (C=O) groups excluding carboxylic acids is 1. The number of esters is 1. The van der Waals surface area contributed by atoms with E-state index in [1.165, 1.54) is 42.5 Å². The van der Waals surface area contributed by atoms with Crippen LogP contribution >= 0.6 is 0 Å². The van der Waals surface area contributed by atoms with Crippen LogP contribution in [0.5, 0.6) is 5.75 Å². The van der Waals surface area contributed by atoms with Gasteiger partial charge in [-0.05, 0) is 49.4 Å². The second-order valence-electron chi connectivity index (χ2n) is 5.07. The van der Waals surface area contributed by atoms with Crippen LogP contribution in [-0.4, -0.2) is 19.2 Å². The molecule has 2 aromatic carbocycles. The van der Waals surface area contributed by atoms with Gasteiger partial charge >= 0.3 is 12.6 Å². The van der Waals surface area contributed by atoms with Crippen molar-refractivity contribution in [3.8, 4) is 17.1 Å². The molecular formula is C18H13F3O4. The van der Waals surface area contributed by atoms with Gasteiger partial charge in [-0.3, -0.25) is 0 Å². The maximum absolute atomic E-state index is 13.2. The summed E-state index contributed by atoms with van der Waals surface area (Å²) in [4.78, 5) is 12.4. The summed E-state index contributed by atoms with van der Waals surface area (Å²) in [5, 5.41) is 0.274. The van der Waals surface area contributed by atoms with Crippen molar-refractivity contribution in [1.82, 2.24) is 0 Å². The quantitative estimate of drug-likeness (QED) is 0.607. The van der Waals surface area contributed by atoms with Crippen molar-refractivity contribution < 1.29 is 31.9 Å². The van der Waals surface area contributed by atoms with Crippen LogP contribution in [0.1, 0.15) is 17.3 Å². The van der Waals surface area contributed by atoms with Crippen LogP contribution in [-0.2, 0) is 4.74 Å². The van der Waals surface area contributed by atoms with E-state index < -0.39 is 18.4 Å². The third-order valence-electron chi connectivity index (χ3n) is 3.47. The molecule has 0 saturated heterocycles. The summed E-state index contributed by atoms with van der Waals surface area (Å²) in [6.07, 6.45) is 0. The molecular weight excluding hydrogens is 337 g/mol. The zero-order valence-corrected chi connectivity index (χ0v) is 13.1. The molecule has 0 atom stereocenters. The van der Waals surface area contributed by atoms with Crippen LogP contribution in [0.25, 0.3) is 22.3 Å². The van der Waals surface area contributed by atoms with Crippen LogP contribution in [0, 0.1) is 5.82 Å². The highest BCUT2D eigenvalue weighted by Crippen LogP contribution is 2.36. The van der Waals surface area contributed by atoms with E-state index in [0.29, 0.717) is 11.1 Å². The van der Waals surface area contributed by atoms with E-state index in [0.717, 1.165) is 0 Å². The number of fused-ring (bicyclic) bond motifs is 1. The first kappa shape index (κ1) is 16.9. The second-order valence-corrected chi connectivity index (χ2v) is 5.07. The van der Waals surface area contributed by atoms with Gasteiger partial charge in [0.15, 0.2) is 0 Å². The Kier molecular flexibility index (Phi) is 4.65. The average molecular weight is 350 g/mol. The van der Waals surface area contributed by atoms with Crippen molar-refractivity contribution in [3.63, 3.8) is 0 Å². The summed E-state index contributed by atoms with van der Waals surface area (Å²) in [6.45, 7) is -1.23. The van der Waals surface area contributed by atoms with Gasteiger partial charge in [-0.15, -0.1) is 0 Å². The molecule has 4 nitrogen and oxygen atoms in total. The van der Waals surface area contributed by atoms with Gasteiger partial charge in [0.2, 0.25) is 0 Å². The lowest BCUT2D eigenvalue weighted by Crippen LogP contribution is -2.06. The SMILES string of the molecule is CCOC(=O)c1c(-c2ccc(F)cc2)oc2ccc(OC(F)F)cc12. The normalized spacial score (nSPS) is 11.1. The summed E-state index contributed by atoms with van der Waals surface area (Å²) in [5.74, 6) is -1.05. The number of furan rings is 1. The number of hydrogen-bond donors (Lipinski definition) is 0. The van der Waals surface area contributed by atoms with Gasteiger partial charge in [0, 0.05) is 10.9 Å². The minimum absolute atomic E-state index is 0.0724. The molecule has 25 heavy (non-hydrogen) atoms. The minimum Gasteiger partial charge on any atom is -0.462 e. The van der Waals surface area contributed by atoms with Crippen LogP contribution < -0.4 is 4.74 Å². The lowest BCUT2D eigenvalue weighted by atomic mass is 10.1. The van der Waals surface area contributed by atoms with Gasteiger partial charge in [0.25, 0.3) is 0 Å². The van der Waals surface area contributed by atoms with E-state index in [1.807, 2.05) is 0 Å². The van der Waals surface area contributed by atoms with Gasteiger partial charge in [-0.25, -0.2) is 9.18 Å². The molecule has 7 heteroatoms. The molecule has 0 aliphatic carbocycles. The fraction of sp³-hybridized carbons (Fsp3) is 0.167. The van der Waals surface area contributed by atoms with E-state index >= 15 is 0 Å². The molecule has 0 spiro atoms. The first-order valence-electron chi connectivity index (χ1n) is 7.44. The fourth-order valence-corrected chi connectivity index (χ4v) is 2.46. The van der Waals surface area contributed by atoms with Gasteiger partial charge < -0.3 is 13.9 Å². The molecule has 0 aliphatic rings. The van der Waals surface area contributed by atoms with Crippen molar-refractivity contribution in [2.45, 2.75) is 13.5 Å². The first-order chi connectivity index (χ1) is 12.0. The Morgan fingerprint density at radius 2 is 1.88 bits per heavy atom. The van der Waals surface area contributed by atoms with E-state index in [4.69, 9.17) is 9.15 Å². The molecule has 3 aromatic rings. The molecule has 1 aromatic heterocycles. The number of halogens is 3. The van der Waals surface area contributed by atoms with Crippen molar-refractivity contribution in [3.05, 3.63) is 53.8 Å². The standard InChI is InChI=1S/C18H13F3O4/c1-2-23-17(22)15-13-9-12(24-18(20)21)7-8-14(13)25-16(15)10-3-5-11(19)6-4-10/h3-9,18H,2H2,1H3. The van der Waals surface area contributed by atoms with Crippen LogP contribution in [0.2, 0.25) is 0 Å². The largest absolute Gasteiger partial charge is 0.462 e. The number of benzene rings is 2. The average Bonchev–Trinajstić information content (AvgIpc) is 2.94. The summed E-state index contributed by atoms with van der Waals surface area (Å²) in [7, 11) is 0. The Hall–Kier alpha value is -2.96. The molecule has 0 saturated carbocycles. The Bertz CT molecular complexity index is 901. The minimum atomic E-state index is -2.99. The van der Waals surface area contributed by atoms with E-state index in [2.05, 4.69) is 4.74 Å². The molecule has 3 rings (SSSR count). The first-order valence-corrected chi connectivity index (χ1v) is 7.44. The van der Waals surface area contributed by atoms with Crippen molar-refractivity contribution in [2.24, 2.45) is 0 Å². The molecule has 130 valence electrons. The third-order valence-corrected chi connectivity index (χ3v) is 3.47. The van der Waals surface area contributed by atoms with Crippen LogP contribution in [0.15, 0.2) is 46.9 Å². The van der Waals surface area contributed by atoms with E-state index in [1.54, 1.807) is 6.92 Å². The predicted molar refractivity (Wildman–Crippen MR) is 84.2 cm³/mol. The molecule has 0 bridgehead atoms. The summed E-state index contributed by atoms with van der Waals surface area (Å²) >= 11 is 0. The second kappa shape index (κ2) is 6.88. The Balaban J connectivity index is 2.19. The maximum Gasteiger partial charge on any atom is 0.387 e. The Labute approximate surface area is 140 Å². The number of alkyl halides is 2. The smallest absolute Gasteiger partial charge is 0.387 e. The maximum atomic E-state index is 13.2. The molecule has 0 unspecified atom stereocenters. The van der Waals surface area contributed by atoms with E-state index in [9.17, 15) is 18.0 Å². The number of rotatable bonds is 5. The summed E-state index contributed by atoms with van der Waals surface area (Å²) in [6, 6.07) is 9.36. The van der Waals surface area contributed by atoms with Crippen molar-refractivity contribution in [2.75, 3.05) is 6.61 Å². The van der Waals surface area contributed by atoms with Crippen LogP contribution in [0.4, 0.5) is 13.2 Å². The number of ether oxygens (including phenoxy) is 2. The summed E-state index contributed by atoms with van der Waals surface area (Å²) in [5.41, 5.74) is 0.823. The highest BCUT2D eigenvalue weighted by molar-refractivity contribution is 6.09. The monoisotopic (exact) mass is 350 g/mol. The molecule has 0 amide bonds. The topological polar surface area (TPSA) is 48.7 Å². The zero-order chi connectivity index (χ0) is 18.0. The molecule has 0 N–H and O–H groups in total. The third kappa shape index (κ3) is 3.45. The lowest BCUT2D eigenvalue weighted by molar-refractivity contribution is -0.0497. The zero-order valence-electron chi connectivity index (χ0n) is 13.1. The van der Waals surface area contributed by atoms with Gasteiger partial charge in [-0.1, -0.05) is 0 Å². The molecule has 1 heterocycles. The van der Waals surface area contributed by atoms with Crippen LogP contribution in [0.3, 0.4) is 0 Å². The number of carbonyl (C=O) groups is 1. The Morgan fingerprint density at radius 1 is 1.16 bits per heavy atom. The predicted octanol–water partition coefficient (Wildman–Crippen LogP) is 5.02. The van der Waals surface area contributed by atoms with Gasteiger partial charge in [0.1, 0.15) is 28.5 Å².